The van der Waals surface area contributed by atoms with Crippen LogP contribution in [0.5, 0.6) is 0 Å². The highest BCUT2D eigenvalue weighted by molar-refractivity contribution is 5.56. The highest BCUT2D eigenvalue weighted by Gasteiger charge is 2.09. The molecule has 2 aromatic heterocycles. The normalized spacial score (nSPS) is 10.4. The number of nitrogens with one attached hydrogen (secondary N) is 2. The maximum atomic E-state index is 5.41. The molecule has 2 rings (SSSR count). The molecule has 0 aliphatic heterocycles. The maximum Gasteiger partial charge on any atom is 0.151 e. The standard InChI is InChI=1S/C10H16N8/c1-6-9(14-7(2)15-10(6)16-11)12-4-8-17-13-5-18(8)3/h5H,4,11H2,1-3H3,(H2,12,14,15,16). The Kier molecular flexibility index (Phi) is 3.38. The Morgan fingerprint density at radius 3 is 2.61 bits per heavy atom. The fraction of sp³-hybridized carbons (Fsp3) is 0.400. The molecule has 2 aromatic rings. The molecule has 0 fully saturated rings. The molecular formula is C10H16N8. The summed E-state index contributed by atoms with van der Waals surface area (Å²) in [4.78, 5) is 8.53. The quantitative estimate of drug-likeness (QED) is 0.521. The molecule has 0 bridgehead atoms. The summed E-state index contributed by atoms with van der Waals surface area (Å²) in [5.41, 5.74) is 3.42. The number of hydrogen-bond acceptors (Lipinski definition) is 7. The van der Waals surface area contributed by atoms with E-state index in [1.54, 1.807) is 6.33 Å². The van der Waals surface area contributed by atoms with Gasteiger partial charge in [0.1, 0.15) is 23.8 Å². The number of nitrogens with zero attached hydrogens (tertiary/aromatic N) is 5. The Morgan fingerprint density at radius 1 is 1.28 bits per heavy atom. The number of rotatable bonds is 4. The van der Waals surface area contributed by atoms with E-state index in [1.807, 2.05) is 25.5 Å². The molecule has 0 spiro atoms. The fourth-order valence-electron chi connectivity index (χ4n) is 1.57. The average molecular weight is 248 g/mol. The zero-order chi connectivity index (χ0) is 13.1. The van der Waals surface area contributed by atoms with Crippen molar-refractivity contribution in [2.75, 3.05) is 10.7 Å². The summed E-state index contributed by atoms with van der Waals surface area (Å²) < 4.78 is 1.85. The monoisotopic (exact) mass is 248 g/mol. The molecule has 4 N–H and O–H groups in total. The zero-order valence-corrected chi connectivity index (χ0v) is 10.6. The highest BCUT2D eigenvalue weighted by Crippen LogP contribution is 2.19. The third-order valence-corrected chi connectivity index (χ3v) is 2.61. The third-order valence-electron chi connectivity index (χ3n) is 2.61. The second-order valence-corrected chi connectivity index (χ2v) is 3.95. The third kappa shape index (κ3) is 2.38. The molecule has 2 heterocycles. The van der Waals surface area contributed by atoms with Crippen molar-refractivity contribution in [1.29, 1.82) is 0 Å². The van der Waals surface area contributed by atoms with E-state index in [4.69, 9.17) is 5.84 Å². The van der Waals surface area contributed by atoms with Crippen LogP contribution in [0.4, 0.5) is 11.6 Å². The van der Waals surface area contributed by atoms with Crippen molar-refractivity contribution in [2.45, 2.75) is 20.4 Å². The molecule has 96 valence electrons. The minimum absolute atomic E-state index is 0.539. The molecular weight excluding hydrogens is 232 g/mol. The van der Waals surface area contributed by atoms with Crippen LogP contribution in [0.2, 0.25) is 0 Å². The van der Waals surface area contributed by atoms with E-state index in [1.165, 1.54) is 0 Å². The summed E-state index contributed by atoms with van der Waals surface area (Å²) in [5, 5.41) is 11.0. The lowest BCUT2D eigenvalue weighted by atomic mass is 10.3. The number of hydrazine groups is 1. The predicted octanol–water partition coefficient (Wildman–Crippen LogP) is 0.120. The van der Waals surface area contributed by atoms with Crippen molar-refractivity contribution in [3.63, 3.8) is 0 Å². The molecule has 0 saturated carbocycles. The minimum Gasteiger partial charge on any atom is -0.362 e. The van der Waals surface area contributed by atoms with E-state index < -0.39 is 0 Å². The van der Waals surface area contributed by atoms with Gasteiger partial charge >= 0.3 is 0 Å². The Balaban J connectivity index is 2.19. The Hall–Kier alpha value is -2.22. The van der Waals surface area contributed by atoms with Gasteiger partial charge in [0, 0.05) is 12.6 Å². The van der Waals surface area contributed by atoms with Crippen molar-refractivity contribution in [3.05, 3.63) is 23.5 Å². The van der Waals surface area contributed by atoms with Gasteiger partial charge in [-0.15, -0.1) is 10.2 Å². The van der Waals surface area contributed by atoms with Gasteiger partial charge in [0.05, 0.1) is 6.54 Å². The summed E-state index contributed by atoms with van der Waals surface area (Å²) in [6.45, 7) is 4.25. The number of nitrogen functional groups attached to an aromatic ring is 1. The van der Waals surface area contributed by atoms with Crippen LogP contribution in [-0.2, 0) is 13.6 Å². The van der Waals surface area contributed by atoms with Gasteiger partial charge in [-0.3, -0.25) is 0 Å². The first-order valence-corrected chi connectivity index (χ1v) is 5.50. The topological polar surface area (TPSA) is 107 Å². The van der Waals surface area contributed by atoms with E-state index in [0.29, 0.717) is 18.2 Å². The first-order valence-electron chi connectivity index (χ1n) is 5.50. The van der Waals surface area contributed by atoms with Crippen molar-refractivity contribution in [2.24, 2.45) is 12.9 Å². The summed E-state index contributed by atoms with van der Waals surface area (Å²) in [5.74, 6) is 8.23. The SMILES string of the molecule is Cc1nc(NN)c(C)c(NCc2nncn2C)n1. The molecule has 0 atom stereocenters. The number of hydrogen-bond donors (Lipinski definition) is 3. The van der Waals surface area contributed by atoms with E-state index >= 15 is 0 Å². The molecule has 0 unspecified atom stereocenters. The number of aromatic nitrogens is 5. The van der Waals surface area contributed by atoms with Crippen LogP contribution in [-0.4, -0.2) is 24.7 Å². The van der Waals surface area contributed by atoms with Crippen LogP contribution in [0.1, 0.15) is 17.2 Å². The molecule has 18 heavy (non-hydrogen) atoms. The Labute approximate surface area is 105 Å². The predicted molar refractivity (Wildman–Crippen MR) is 67.6 cm³/mol. The van der Waals surface area contributed by atoms with Gasteiger partial charge in [-0.2, -0.15) is 0 Å². The van der Waals surface area contributed by atoms with Crippen LogP contribution in [0.25, 0.3) is 0 Å². The summed E-state index contributed by atoms with van der Waals surface area (Å²) in [7, 11) is 1.89. The summed E-state index contributed by atoms with van der Waals surface area (Å²) in [6, 6.07) is 0. The number of nitrogens with two attached hydrogens (primary N) is 1. The van der Waals surface area contributed by atoms with Gasteiger partial charge in [-0.05, 0) is 13.8 Å². The van der Waals surface area contributed by atoms with Crippen LogP contribution in [0, 0.1) is 13.8 Å². The smallest absolute Gasteiger partial charge is 0.151 e. The first-order chi connectivity index (χ1) is 8.61. The lowest BCUT2D eigenvalue weighted by Crippen LogP contribution is -2.14. The van der Waals surface area contributed by atoms with E-state index in [2.05, 4.69) is 30.9 Å². The van der Waals surface area contributed by atoms with Gasteiger partial charge in [-0.25, -0.2) is 15.8 Å². The second kappa shape index (κ2) is 4.96. The first kappa shape index (κ1) is 12.2. The van der Waals surface area contributed by atoms with Gasteiger partial charge in [0.2, 0.25) is 0 Å². The second-order valence-electron chi connectivity index (χ2n) is 3.95. The number of anilines is 2. The Morgan fingerprint density at radius 2 is 2.00 bits per heavy atom. The Bertz CT molecular complexity index is 547. The van der Waals surface area contributed by atoms with Crippen molar-refractivity contribution < 1.29 is 0 Å². The maximum absolute atomic E-state index is 5.41. The molecule has 0 amide bonds. The van der Waals surface area contributed by atoms with Gasteiger partial charge in [-0.1, -0.05) is 0 Å². The van der Waals surface area contributed by atoms with Crippen LogP contribution in [0.15, 0.2) is 6.33 Å². The molecule has 0 aliphatic carbocycles. The van der Waals surface area contributed by atoms with E-state index in [0.717, 1.165) is 17.2 Å². The molecule has 8 heteroatoms. The molecule has 0 aromatic carbocycles. The lowest BCUT2D eigenvalue weighted by molar-refractivity contribution is 0.808. The van der Waals surface area contributed by atoms with Crippen LogP contribution in [0.3, 0.4) is 0 Å². The minimum atomic E-state index is 0.539. The van der Waals surface area contributed by atoms with Gasteiger partial charge in [0.15, 0.2) is 5.82 Å². The molecule has 0 radical (unpaired) electrons. The molecule has 0 aliphatic rings. The fourth-order valence-corrected chi connectivity index (χ4v) is 1.57. The van der Waals surface area contributed by atoms with E-state index in [-0.39, 0.29) is 0 Å². The zero-order valence-electron chi connectivity index (χ0n) is 10.6. The highest BCUT2D eigenvalue weighted by atomic mass is 15.3. The van der Waals surface area contributed by atoms with Crippen molar-refractivity contribution >= 4 is 11.6 Å². The van der Waals surface area contributed by atoms with Gasteiger partial charge < -0.3 is 15.3 Å². The molecule has 0 saturated heterocycles. The number of aryl methyl sites for hydroxylation is 2. The summed E-state index contributed by atoms with van der Waals surface area (Å²) in [6.07, 6.45) is 1.65. The van der Waals surface area contributed by atoms with Crippen molar-refractivity contribution in [3.8, 4) is 0 Å². The average Bonchev–Trinajstić information content (AvgIpc) is 2.75. The van der Waals surface area contributed by atoms with E-state index in [9.17, 15) is 0 Å². The van der Waals surface area contributed by atoms with Crippen molar-refractivity contribution in [1.82, 2.24) is 24.7 Å². The molecule has 8 nitrogen and oxygen atoms in total. The van der Waals surface area contributed by atoms with Crippen LogP contribution >= 0.6 is 0 Å². The van der Waals surface area contributed by atoms with Gasteiger partial charge in [0.25, 0.3) is 0 Å². The van der Waals surface area contributed by atoms with Crippen LogP contribution < -0.4 is 16.6 Å². The lowest BCUT2D eigenvalue weighted by Gasteiger charge is -2.12. The summed E-state index contributed by atoms with van der Waals surface area (Å²) >= 11 is 0. The largest absolute Gasteiger partial charge is 0.362 e.